The summed E-state index contributed by atoms with van der Waals surface area (Å²) in [5.41, 5.74) is 5.31. The highest BCUT2D eigenvalue weighted by Gasteiger charge is 2.08. The quantitative estimate of drug-likeness (QED) is 0.879. The van der Waals surface area contributed by atoms with Gasteiger partial charge >= 0.3 is 0 Å². The lowest BCUT2D eigenvalue weighted by molar-refractivity contribution is 1.19. The van der Waals surface area contributed by atoms with Crippen molar-refractivity contribution < 1.29 is 0 Å². The second-order valence-corrected chi connectivity index (χ2v) is 5.34. The Morgan fingerprint density at radius 1 is 1.12 bits per heavy atom. The van der Waals surface area contributed by atoms with Gasteiger partial charge in [0.25, 0.3) is 0 Å². The number of thiazole rings is 1. The molecule has 3 heteroatoms. The van der Waals surface area contributed by atoms with E-state index in [0.29, 0.717) is 0 Å². The highest BCUT2D eigenvalue weighted by atomic mass is 32.1. The van der Waals surface area contributed by atoms with E-state index < -0.39 is 0 Å². The van der Waals surface area contributed by atoms with Gasteiger partial charge in [-0.05, 0) is 49.9 Å². The van der Waals surface area contributed by atoms with Crippen LogP contribution in [0, 0.1) is 20.8 Å². The molecule has 90 valence electrons. The maximum atomic E-state index is 4.38. The van der Waals surface area contributed by atoms with Crippen LogP contribution in [0.25, 0.3) is 10.4 Å². The molecule has 0 saturated heterocycles. The lowest BCUT2D eigenvalue weighted by atomic mass is 10.0. The summed E-state index contributed by atoms with van der Waals surface area (Å²) in [5.74, 6) is 0. The van der Waals surface area contributed by atoms with Gasteiger partial charge in [-0.15, -0.1) is 0 Å². The first kappa shape index (κ1) is 12.1. The normalized spacial score (nSPS) is 10.6. The van der Waals surface area contributed by atoms with Crippen LogP contribution < -0.4 is 5.32 Å². The summed E-state index contributed by atoms with van der Waals surface area (Å²) in [7, 11) is 0. The highest BCUT2D eigenvalue weighted by molar-refractivity contribution is 7.18. The zero-order chi connectivity index (χ0) is 12.4. The van der Waals surface area contributed by atoms with Crippen LogP contribution in [-0.2, 0) is 0 Å². The molecule has 1 heterocycles. The fourth-order valence-corrected chi connectivity index (χ4v) is 2.82. The van der Waals surface area contributed by atoms with Crippen molar-refractivity contribution in [1.82, 2.24) is 4.98 Å². The molecule has 0 spiro atoms. The third kappa shape index (κ3) is 2.50. The minimum Gasteiger partial charge on any atom is -0.362 e. The minimum atomic E-state index is 0.916. The van der Waals surface area contributed by atoms with Crippen molar-refractivity contribution in [3.05, 3.63) is 35.0 Å². The fourth-order valence-electron chi connectivity index (χ4n) is 1.86. The van der Waals surface area contributed by atoms with Crippen LogP contribution in [0.2, 0.25) is 0 Å². The summed E-state index contributed by atoms with van der Waals surface area (Å²) < 4.78 is 0. The van der Waals surface area contributed by atoms with Gasteiger partial charge in [-0.3, -0.25) is 0 Å². The summed E-state index contributed by atoms with van der Waals surface area (Å²) in [6, 6.07) is 4.51. The van der Waals surface area contributed by atoms with Crippen molar-refractivity contribution in [1.29, 1.82) is 0 Å². The Bertz CT molecular complexity index is 529. The van der Waals surface area contributed by atoms with Crippen LogP contribution in [-0.4, -0.2) is 11.5 Å². The minimum absolute atomic E-state index is 0.916. The number of benzene rings is 1. The first-order valence-corrected chi connectivity index (χ1v) is 6.71. The summed E-state index contributed by atoms with van der Waals surface area (Å²) in [4.78, 5) is 5.62. The number of aryl methyl sites for hydroxylation is 3. The van der Waals surface area contributed by atoms with Crippen molar-refractivity contribution in [3.8, 4) is 10.4 Å². The molecule has 0 bridgehead atoms. The molecule has 0 amide bonds. The van der Waals surface area contributed by atoms with Gasteiger partial charge < -0.3 is 5.32 Å². The molecule has 2 rings (SSSR count). The standard InChI is InChI=1S/C14H18N2S/c1-5-15-14-16-8-13(17-14)12-7-10(3)9(2)6-11(12)4/h6-8H,5H2,1-4H3,(H,15,16). The smallest absolute Gasteiger partial charge is 0.183 e. The molecule has 0 aliphatic carbocycles. The molecule has 1 aromatic heterocycles. The van der Waals surface area contributed by atoms with Gasteiger partial charge in [-0.2, -0.15) is 0 Å². The molecule has 0 aliphatic rings. The first-order valence-electron chi connectivity index (χ1n) is 5.89. The number of hydrogen-bond acceptors (Lipinski definition) is 3. The number of nitrogens with zero attached hydrogens (tertiary/aromatic N) is 1. The monoisotopic (exact) mass is 246 g/mol. The maximum absolute atomic E-state index is 4.38. The molecule has 2 aromatic rings. The van der Waals surface area contributed by atoms with Crippen LogP contribution in [0.1, 0.15) is 23.6 Å². The Labute approximate surface area is 107 Å². The largest absolute Gasteiger partial charge is 0.362 e. The second kappa shape index (κ2) is 4.88. The molecule has 0 saturated carbocycles. The first-order chi connectivity index (χ1) is 8.11. The molecular weight excluding hydrogens is 228 g/mol. The molecule has 0 aliphatic heterocycles. The number of aromatic nitrogens is 1. The van der Waals surface area contributed by atoms with Crippen molar-refractivity contribution >= 4 is 16.5 Å². The third-order valence-corrected chi connectivity index (χ3v) is 3.93. The number of hydrogen-bond donors (Lipinski definition) is 1. The molecular formula is C14H18N2S. The Hall–Kier alpha value is -1.35. The molecule has 1 N–H and O–H groups in total. The van der Waals surface area contributed by atoms with E-state index in [9.17, 15) is 0 Å². The van der Waals surface area contributed by atoms with Crippen LogP contribution in [0.5, 0.6) is 0 Å². The van der Waals surface area contributed by atoms with E-state index in [1.807, 2.05) is 6.20 Å². The molecule has 2 nitrogen and oxygen atoms in total. The summed E-state index contributed by atoms with van der Waals surface area (Å²) in [6.45, 7) is 9.48. The summed E-state index contributed by atoms with van der Waals surface area (Å²) in [6.07, 6.45) is 1.96. The van der Waals surface area contributed by atoms with Crippen LogP contribution in [0.4, 0.5) is 5.13 Å². The number of nitrogens with one attached hydrogen (secondary N) is 1. The molecule has 0 fully saturated rings. The lowest BCUT2D eigenvalue weighted by Gasteiger charge is -2.07. The Morgan fingerprint density at radius 3 is 2.53 bits per heavy atom. The second-order valence-electron chi connectivity index (χ2n) is 4.31. The molecule has 0 unspecified atom stereocenters. The van der Waals surface area contributed by atoms with Crippen molar-refractivity contribution in [2.45, 2.75) is 27.7 Å². The van der Waals surface area contributed by atoms with Gasteiger partial charge in [-0.1, -0.05) is 23.5 Å². The number of rotatable bonds is 3. The van der Waals surface area contributed by atoms with Crippen LogP contribution >= 0.6 is 11.3 Å². The zero-order valence-corrected chi connectivity index (χ0v) is 11.6. The lowest BCUT2D eigenvalue weighted by Crippen LogP contribution is -1.94. The zero-order valence-electron chi connectivity index (χ0n) is 10.8. The van der Waals surface area contributed by atoms with Crippen molar-refractivity contribution in [3.63, 3.8) is 0 Å². The van der Waals surface area contributed by atoms with E-state index in [2.05, 4.69) is 50.1 Å². The predicted molar refractivity (Wildman–Crippen MR) is 75.9 cm³/mol. The maximum Gasteiger partial charge on any atom is 0.183 e. The van der Waals surface area contributed by atoms with E-state index in [1.165, 1.54) is 27.1 Å². The topological polar surface area (TPSA) is 24.9 Å². The number of anilines is 1. The van der Waals surface area contributed by atoms with Crippen LogP contribution in [0.15, 0.2) is 18.3 Å². The average Bonchev–Trinajstić information content (AvgIpc) is 2.72. The fraction of sp³-hybridized carbons (Fsp3) is 0.357. The molecule has 0 radical (unpaired) electrons. The third-order valence-electron chi connectivity index (χ3n) is 2.94. The van der Waals surface area contributed by atoms with Gasteiger partial charge in [0.05, 0.1) is 4.88 Å². The van der Waals surface area contributed by atoms with Gasteiger partial charge in [0, 0.05) is 12.7 Å². The van der Waals surface area contributed by atoms with Crippen molar-refractivity contribution in [2.75, 3.05) is 11.9 Å². The molecule has 0 atom stereocenters. The molecule has 1 aromatic carbocycles. The summed E-state index contributed by atoms with van der Waals surface area (Å²) >= 11 is 1.72. The van der Waals surface area contributed by atoms with Gasteiger partial charge in [0.15, 0.2) is 5.13 Å². The Balaban J connectivity index is 2.41. The average molecular weight is 246 g/mol. The predicted octanol–water partition coefficient (Wildman–Crippen LogP) is 4.17. The van der Waals surface area contributed by atoms with E-state index in [4.69, 9.17) is 0 Å². The van der Waals surface area contributed by atoms with Gasteiger partial charge in [0.2, 0.25) is 0 Å². The Morgan fingerprint density at radius 2 is 1.82 bits per heavy atom. The SMILES string of the molecule is CCNc1ncc(-c2cc(C)c(C)cc2C)s1. The van der Waals surface area contributed by atoms with Crippen LogP contribution in [0.3, 0.4) is 0 Å². The van der Waals surface area contributed by atoms with Gasteiger partial charge in [-0.25, -0.2) is 4.98 Å². The van der Waals surface area contributed by atoms with Crippen molar-refractivity contribution in [2.24, 2.45) is 0 Å². The molecule has 17 heavy (non-hydrogen) atoms. The highest BCUT2D eigenvalue weighted by Crippen LogP contribution is 2.32. The summed E-state index contributed by atoms with van der Waals surface area (Å²) in [5, 5.41) is 4.25. The van der Waals surface area contributed by atoms with Gasteiger partial charge in [0.1, 0.15) is 0 Å². The van der Waals surface area contributed by atoms with E-state index in [0.717, 1.165) is 11.7 Å². The Kier molecular flexibility index (Phi) is 3.48. The van der Waals surface area contributed by atoms with E-state index >= 15 is 0 Å². The van der Waals surface area contributed by atoms with E-state index in [-0.39, 0.29) is 0 Å². The van der Waals surface area contributed by atoms with E-state index in [1.54, 1.807) is 11.3 Å².